The molecule has 0 unspecified atom stereocenters. The Balaban J connectivity index is 1.69. The summed E-state index contributed by atoms with van der Waals surface area (Å²) in [7, 11) is 0. The molecule has 3 aromatic rings. The summed E-state index contributed by atoms with van der Waals surface area (Å²) in [6, 6.07) is 14.2. The second-order valence-corrected chi connectivity index (χ2v) is 5.79. The van der Waals surface area contributed by atoms with Crippen LogP contribution in [0.4, 0.5) is 21.7 Å². The van der Waals surface area contributed by atoms with Crippen LogP contribution in [0.3, 0.4) is 0 Å². The van der Waals surface area contributed by atoms with Crippen LogP contribution < -0.4 is 10.6 Å². The third kappa shape index (κ3) is 4.30. The third-order valence-corrected chi connectivity index (χ3v) is 3.68. The Morgan fingerprint density at radius 3 is 2.48 bits per heavy atom. The summed E-state index contributed by atoms with van der Waals surface area (Å²) >= 11 is 5.93. The van der Waals surface area contributed by atoms with Crippen molar-refractivity contribution in [3.8, 4) is 0 Å². The lowest BCUT2D eigenvalue weighted by Gasteiger charge is -2.09. The van der Waals surface area contributed by atoms with E-state index in [1.165, 1.54) is 18.2 Å². The van der Waals surface area contributed by atoms with Gasteiger partial charge in [-0.3, -0.25) is 4.79 Å². The van der Waals surface area contributed by atoms with E-state index in [1.54, 1.807) is 18.2 Å². The SMILES string of the molecule is Cc1cc(Cl)ccc1Nc1ccc(NC(=O)c2cccc(F)c2)nn1. The van der Waals surface area contributed by atoms with Gasteiger partial charge in [0.05, 0.1) is 0 Å². The molecule has 2 aromatic carbocycles. The van der Waals surface area contributed by atoms with Crippen molar-refractivity contribution >= 4 is 34.8 Å². The van der Waals surface area contributed by atoms with Crippen molar-refractivity contribution in [1.29, 1.82) is 0 Å². The van der Waals surface area contributed by atoms with Gasteiger partial charge in [-0.25, -0.2) is 4.39 Å². The van der Waals surface area contributed by atoms with Crippen LogP contribution in [-0.2, 0) is 0 Å². The van der Waals surface area contributed by atoms with Crippen molar-refractivity contribution in [3.05, 3.63) is 76.6 Å². The second-order valence-electron chi connectivity index (χ2n) is 5.35. The lowest BCUT2D eigenvalue weighted by Crippen LogP contribution is -2.13. The van der Waals surface area contributed by atoms with Crippen LogP contribution >= 0.6 is 11.6 Å². The van der Waals surface area contributed by atoms with Gasteiger partial charge in [-0.1, -0.05) is 17.7 Å². The summed E-state index contributed by atoms with van der Waals surface area (Å²) in [5, 5.41) is 14.3. The summed E-state index contributed by atoms with van der Waals surface area (Å²) in [5.74, 6) is -0.138. The summed E-state index contributed by atoms with van der Waals surface area (Å²) in [5.41, 5.74) is 2.04. The summed E-state index contributed by atoms with van der Waals surface area (Å²) in [6.45, 7) is 1.93. The molecular formula is C18H14ClFN4O. The van der Waals surface area contributed by atoms with Crippen molar-refractivity contribution in [2.45, 2.75) is 6.92 Å². The molecule has 126 valence electrons. The van der Waals surface area contributed by atoms with E-state index < -0.39 is 11.7 Å². The maximum atomic E-state index is 13.2. The van der Waals surface area contributed by atoms with E-state index in [4.69, 9.17) is 11.6 Å². The molecule has 2 N–H and O–H groups in total. The average molecular weight is 357 g/mol. The highest BCUT2D eigenvalue weighted by atomic mass is 35.5. The van der Waals surface area contributed by atoms with E-state index >= 15 is 0 Å². The zero-order valence-corrected chi connectivity index (χ0v) is 14.0. The van der Waals surface area contributed by atoms with Crippen LogP contribution in [0.1, 0.15) is 15.9 Å². The number of benzene rings is 2. The van der Waals surface area contributed by atoms with Gasteiger partial charge in [0.15, 0.2) is 11.6 Å². The molecule has 1 heterocycles. The molecule has 7 heteroatoms. The van der Waals surface area contributed by atoms with Crippen molar-refractivity contribution in [2.24, 2.45) is 0 Å². The molecular weight excluding hydrogens is 343 g/mol. The third-order valence-electron chi connectivity index (χ3n) is 3.44. The first-order chi connectivity index (χ1) is 12.0. The van der Waals surface area contributed by atoms with Crippen LogP contribution in [-0.4, -0.2) is 16.1 Å². The van der Waals surface area contributed by atoms with Crippen molar-refractivity contribution in [1.82, 2.24) is 10.2 Å². The normalized spacial score (nSPS) is 10.4. The van der Waals surface area contributed by atoms with Gasteiger partial charge in [-0.15, -0.1) is 10.2 Å². The minimum absolute atomic E-state index is 0.209. The highest BCUT2D eigenvalue weighted by Gasteiger charge is 2.08. The number of carbonyl (C=O) groups is 1. The lowest BCUT2D eigenvalue weighted by atomic mass is 10.2. The number of rotatable bonds is 4. The van der Waals surface area contributed by atoms with Gasteiger partial charge in [0, 0.05) is 16.3 Å². The molecule has 5 nitrogen and oxygen atoms in total. The van der Waals surface area contributed by atoms with Crippen molar-refractivity contribution in [2.75, 3.05) is 10.6 Å². The lowest BCUT2D eigenvalue weighted by molar-refractivity contribution is 0.102. The van der Waals surface area contributed by atoms with Crippen LogP contribution in [0.5, 0.6) is 0 Å². The Morgan fingerprint density at radius 2 is 1.80 bits per heavy atom. The first-order valence-corrected chi connectivity index (χ1v) is 7.83. The van der Waals surface area contributed by atoms with Gasteiger partial charge < -0.3 is 10.6 Å². The number of aryl methyl sites for hydroxylation is 1. The summed E-state index contributed by atoms with van der Waals surface area (Å²) < 4.78 is 13.2. The minimum Gasteiger partial charge on any atom is -0.339 e. The fourth-order valence-corrected chi connectivity index (χ4v) is 2.42. The van der Waals surface area contributed by atoms with E-state index in [9.17, 15) is 9.18 Å². The highest BCUT2D eigenvalue weighted by Crippen LogP contribution is 2.22. The maximum absolute atomic E-state index is 13.2. The van der Waals surface area contributed by atoms with Crippen molar-refractivity contribution in [3.63, 3.8) is 0 Å². The summed E-state index contributed by atoms with van der Waals surface area (Å²) in [6.07, 6.45) is 0. The monoisotopic (exact) mass is 356 g/mol. The average Bonchev–Trinajstić information content (AvgIpc) is 2.59. The van der Waals surface area contributed by atoms with Crippen molar-refractivity contribution < 1.29 is 9.18 Å². The molecule has 0 atom stereocenters. The fourth-order valence-electron chi connectivity index (χ4n) is 2.19. The predicted octanol–water partition coefficient (Wildman–Crippen LogP) is 4.57. The van der Waals surface area contributed by atoms with Gasteiger partial charge in [0.1, 0.15) is 5.82 Å². The smallest absolute Gasteiger partial charge is 0.256 e. The number of nitrogens with one attached hydrogen (secondary N) is 2. The first kappa shape index (κ1) is 16.9. The number of hydrogen-bond acceptors (Lipinski definition) is 4. The van der Waals surface area contributed by atoms with Gasteiger partial charge in [0.25, 0.3) is 5.91 Å². The van der Waals surface area contributed by atoms with Gasteiger partial charge >= 0.3 is 0 Å². The number of hydrogen-bond donors (Lipinski definition) is 2. The molecule has 0 spiro atoms. The molecule has 0 saturated heterocycles. The Bertz CT molecular complexity index is 915. The van der Waals surface area contributed by atoms with Crippen LogP contribution in [0, 0.1) is 12.7 Å². The Hall–Kier alpha value is -2.99. The molecule has 25 heavy (non-hydrogen) atoms. The van der Waals surface area contributed by atoms with E-state index in [0.29, 0.717) is 10.8 Å². The van der Waals surface area contributed by atoms with Gasteiger partial charge in [-0.05, 0) is 61.0 Å². The number of anilines is 3. The molecule has 1 aromatic heterocycles. The summed E-state index contributed by atoms with van der Waals surface area (Å²) in [4.78, 5) is 12.0. The highest BCUT2D eigenvalue weighted by molar-refractivity contribution is 6.30. The molecule has 3 rings (SSSR count). The van der Waals surface area contributed by atoms with E-state index in [2.05, 4.69) is 20.8 Å². The molecule has 0 saturated carbocycles. The first-order valence-electron chi connectivity index (χ1n) is 7.45. The molecule has 0 aliphatic rings. The molecule has 0 bridgehead atoms. The fraction of sp³-hybridized carbons (Fsp3) is 0.0556. The molecule has 0 radical (unpaired) electrons. The number of carbonyl (C=O) groups excluding carboxylic acids is 1. The molecule has 1 amide bonds. The largest absolute Gasteiger partial charge is 0.339 e. The zero-order valence-electron chi connectivity index (χ0n) is 13.3. The van der Waals surface area contributed by atoms with E-state index in [0.717, 1.165) is 17.3 Å². The van der Waals surface area contributed by atoms with Crippen LogP contribution in [0.25, 0.3) is 0 Å². The number of nitrogens with zero attached hydrogens (tertiary/aromatic N) is 2. The zero-order chi connectivity index (χ0) is 17.8. The van der Waals surface area contributed by atoms with Crippen LogP contribution in [0.15, 0.2) is 54.6 Å². The van der Waals surface area contributed by atoms with E-state index in [1.807, 2.05) is 19.1 Å². The Morgan fingerprint density at radius 1 is 1.04 bits per heavy atom. The standard InChI is InChI=1S/C18H14ClFN4O/c1-11-9-13(19)5-6-15(11)21-16-7-8-17(24-23-16)22-18(25)12-3-2-4-14(20)10-12/h2-10H,1H3,(H,21,23)(H,22,24,25). The van der Waals surface area contributed by atoms with Crippen LogP contribution in [0.2, 0.25) is 5.02 Å². The second kappa shape index (κ2) is 7.27. The molecule has 0 aliphatic heterocycles. The maximum Gasteiger partial charge on any atom is 0.256 e. The molecule has 0 aliphatic carbocycles. The number of aromatic nitrogens is 2. The van der Waals surface area contributed by atoms with Gasteiger partial charge in [-0.2, -0.15) is 0 Å². The topological polar surface area (TPSA) is 66.9 Å². The Labute approximate surface area is 148 Å². The Kier molecular flexibility index (Phi) is 4.90. The minimum atomic E-state index is -0.475. The van der Waals surface area contributed by atoms with Gasteiger partial charge in [0.2, 0.25) is 0 Å². The molecule has 0 fully saturated rings. The number of amides is 1. The predicted molar refractivity (Wildman–Crippen MR) is 95.9 cm³/mol. The quantitative estimate of drug-likeness (QED) is 0.718. The van der Waals surface area contributed by atoms with E-state index in [-0.39, 0.29) is 11.4 Å². The number of halogens is 2.